The van der Waals surface area contributed by atoms with E-state index in [2.05, 4.69) is 27.5 Å². The van der Waals surface area contributed by atoms with Crippen LogP contribution in [0.15, 0.2) is 48.5 Å². The lowest BCUT2D eigenvalue weighted by Crippen LogP contribution is -2.45. The third-order valence-electron chi connectivity index (χ3n) is 4.66. The Morgan fingerprint density at radius 3 is 2.48 bits per heavy atom. The molecule has 4 nitrogen and oxygen atoms in total. The molecule has 2 aromatic carbocycles. The van der Waals surface area contributed by atoms with E-state index in [1.54, 1.807) is 0 Å². The van der Waals surface area contributed by atoms with Crippen molar-refractivity contribution in [3.8, 4) is 11.5 Å². The number of benzene rings is 2. The number of halogens is 5. The molecule has 162 valence electrons. The van der Waals surface area contributed by atoms with Gasteiger partial charge in [0.25, 0.3) is 0 Å². The first-order valence-electron chi connectivity index (χ1n) is 8.90. The Hall–Kier alpha value is -1.67. The maximum Gasteiger partial charge on any atom is 0.573 e. The van der Waals surface area contributed by atoms with Crippen LogP contribution < -0.4 is 20.1 Å². The molecule has 9 heteroatoms. The topological polar surface area (TPSA) is 42.5 Å². The first-order chi connectivity index (χ1) is 13.0. The van der Waals surface area contributed by atoms with E-state index >= 15 is 0 Å². The van der Waals surface area contributed by atoms with E-state index in [9.17, 15) is 13.2 Å². The molecular weight excluding hydrogens is 428 g/mol. The maximum atomic E-state index is 12.5. The minimum Gasteiger partial charge on any atom is -0.496 e. The highest BCUT2D eigenvalue weighted by Gasteiger charge is 2.31. The highest BCUT2D eigenvalue weighted by Crippen LogP contribution is 2.29. The number of piperidine rings is 1. The predicted octanol–water partition coefficient (Wildman–Crippen LogP) is 5.02. The molecule has 0 saturated carbocycles. The summed E-state index contributed by atoms with van der Waals surface area (Å²) >= 11 is 0. The van der Waals surface area contributed by atoms with Crippen molar-refractivity contribution in [3.05, 3.63) is 59.7 Å². The number of alkyl halides is 3. The smallest absolute Gasteiger partial charge is 0.496 e. The van der Waals surface area contributed by atoms with Gasteiger partial charge in [0.05, 0.1) is 7.11 Å². The summed E-state index contributed by atoms with van der Waals surface area (Å²) in [4.78, 5) is 0. The van der Waals surface area contributed by atoms with Crippen molar-refractivity contribution in [1.29, 1.82) is 0 Å². The summed E-state index contributed by atoms with van der Waals surface area (Å²) in [5.74, 6) is 0.276. The Bertz CT molecular complexity index is 748. The Morgan fingerprint density at radius 2 is 1.83 bits per heavy atom. The number of nitrogens with one attached hydrogen (secondary N) is 2. The molecule has 0 amide bonds. The van der Waals surface area contributed by atoms with E-state index in [1.807, 2.05) is 18.2 Å². The molecule has 0 unspecified atom stereocenters. The van der Waals surface area contributed by atoms with Gasteiger partial charge in [0, 0.05) is 24.2 Å². The molecule has 0 radical (unpaired) electrons. The van der Waals surface area contributed by atoms with Crippen molar-refractivity contribution in [3.63, 3.8) is 0 Å². The fourth-order valence-corrected chi connectivity index (χ4v) is 3.45. The van der Waals surface area contributed by atoms with E-state index in [-0.39, 0.29) is 42.6 Å². The third kappa shape index (κ3) is 7.26. The van der Waals surface area contributed by atoms with Gasteiger partial charge in [-0.1, -0.05) is 30.3 Å². The largest absolute Gasteiger partial charge is 0.573 e. The summed E-state index contributed by atoms with van der Waals surface area (Å²) in [7, 11) is 1.50. The van der Waals surface area contributed by atoms with Crippen LogP contribution in [0, 0.1) is 0 Å². The Labute approximate surface area is 181 Å². The van der Waals surface area contributed by atoms with Gasteiger partial charge in [-0.2, -0.15) is 0 Å². The molecule has 0 spiro atoms. The Kier molecular flexibility index (Phi) is 10.1. The standard InChI is InChI=1S/C20H23F3N2O2.2ClH/c1-26-18-10-9-16(27-20(21,22)23)12-15(18)13-25-17-8-5-11-24-19(17)14-6-3-2-4-7-14;;/h2-4,6-7,9-10,12,17,19,24-25H,5,8,11,13H2,1H3;2*1H/t17-,19-;;/m0../s1. The Balaban J connectivity index is 0.00000210. The van der Waals surface area contributed by atoms with Gasteiger partial charge in [-0.15, -0.1) is 38.0 Å². The van der Waals surface area contributed by atoms with Gasteiger partial charge in [-0.05, 0) is 43.1 Å². The number of ether oxygens (including phenoxy) is 2. The van der Waals surface area contributed by atoms with Crippen LogP contribution >= 0.6 is 24.8 Å². The van der Waals surface area contributed by atoms with Gasteiger partial charge in [0.15, 0.2) is 0 Å². The van der Waals surface area contributed by atoms with Crippen LogP contribution in [0.4, 0.5) is 13.2 Å². The molecule has 1 aliphatic rings. The SMILES string of the molecule is COc1ccc(OC(F)(F)F)cc1CN[C@H]1CCCN[C@H]1c1ccccc1.Cl.Cl. The summed E-state index contributed by atoms with van der Waals surface area (Å²) in [6.07, 6.45) is -2.70. The second-order valence-electron chi connectivity index (χ2n) is 6.49. The molecule has 2 atom stereocenters. The molecule has 2 aromatic rings. The molecule has 2 N–H and O–H groups in total. The highest BCUT2D eigenvalue weighted by molar-refractivity contribution is 5.85. The van der Waals surface area contributed by atoms with Crippen molar-refractivity contribution in [1.82, 2.24) is 10.6 Å². The molecule has 0 bridgehead atoms. The first-order valence-corrected chi connectivity index (χ1v) is 8.90. The molecule has 1 fully saturated rings. The molecule has 29 heavy (non-hydrogen) atoms. The molecule has 0 aromatic heterocycles. The lowest BCUT2D eigenvalue weighted by Gasteiger charge is -2.34. The lowest BCUT2D eigenvalue weighted by molar-refractivity contribution is -0.274. The summed E-state index contributed by atoms with van der Waals surface area (Å²) < 4.78 is 46.8. The van der Waals surface area contributed by atoms with Crippen molar-refractivity contribution >= 4 is 24.8 Å². The van der Waals surface area contributed by atoms with Crippen LogP contribution in [0.25, 0.3) is 0 Å². The fourth-order valence-electron chi connectivity index (χ4n) is 3.45. The third-order valence-corrected chi connectivity index (χ3v) is 4.66. The van der Waals surface area contributed by atoms with Crippen LogP contribution in [0.5, 0.6) is 11.5 Å². The monoisotopic (exact) mass is 452 g/mol. The zero-order valence-electron chi connectivity index (χ0n) is 15.9. The molecule has 1 aliphatic heterocycles. The molecule has 1 heterocycles. The van der Waals surface area contributed by atoms with Gasteiger partial charge in [0.2, 0.25) is 0 Å². The van der Waals surface area contributed by atoms with Crippen LogP contribution in [0.3, 0.4) is 0 Å². The average molecular weight is 453 g/mol. The molecule has 3 rings (SSSR count). The van der Waals surface area contributed by atoms with Gasteiger partial charge in [0.1, 0.15) is 11.5 Å². The van der Waals surface area contributed by atoms with E-state index < -0.39 is 6.36 Å². The molecular formula is C20H25Cl2F3N2O2. The summed E-state index contributed by atoms with van der Waals surface area (Å²) in [6.45, 7) is 1.32. The average Bonchev–Trinajstić information content (AvgIpc) is 2.66. The van der Waals surface area contributed by atoms with Crippen LogP contribution in [0.1, 0.15) is 30.0 Å². The highest BCUT2D eigenvalue weighted by atomic mass is 35.5. The van der Waals surface area contributed by atoms with Crippen LogP contribution in [-0.4, -0.2) is 26.1 Å². The first kappa shape index (κ1) is 25.4. The zero-order valence-corrected chi connectivity index (χ0v) is 17.5. The quantitative estimate of drug-likeness (QED) is 0.645. The fraction of sp³-hybridized carbons (Fsp3) is 0.400. The maximum absolute atomic E-state index is 12.5. The van der Waals surface area contributed by atoms with Crippen molar-refractivity contribution in [2.24, 2.45) is 0 Å². The van der Waals surface area contributed by atoms with Crippen molar-refractivity contribution in [2.45, 2.75) is 37.8 Å². The van der Waals surface area contributed by atoms with Gasteiger partial charge >= 0.3 is 6.36 Å². The second kappa shape index (κ2) is 11.5. The lowest BCUT2D eigenvalue weighted by atomic mass is 9.92. The van der Waals surface area contributed by atoms with E-state index in [4.69, 9.17) is 4.74 Å². The van der Waals surface area contributed by atoms with Crippen LogP contribution in [-0.2, 0) is 6.54 Å². The van der Waals surface area contributed by atoms with E-state index in [0.29, 0.717) is 17.9 Å². The second-order valence-corrected chi connectivity index (χ2v) is 6.49. The number of hydrogen-bond donors (Lipinski definition) is 2. The van der Waals surface area contributed by atoms with Crippen LogP contribution in [0.2, 0.25) is 0 Å². The summed E-state index contributed by atoms with van der Waals surface area (Å²) in [5, 5.41) is 7.00. The van der Waals surface area contributed by atoms with Gasteiger partial charge in [-0.3, -0.25) is 0 Å². The number of rotatable bonds is 6. The number of methoxy groups -OCH3 is 1. The minimum absolute atomic E-state index is 0. The van der Waals surface area contributed by atoms with Crippen molar-refractivity contribution < 1.29 is 22.6 Å². The Morgan fingerprint density at radius 1 is 1.10 bits per heavy atom. The van der Waals surface area contributed by atoms with Crippen molar-refractivity contribution in [2.75, 3.05) is 13.7 Å². The summed E-state index contributed by atoms with van der Waals surface area (Å²) in [5.41, 5.74) is 1.81. The van der Waals surface area contributed by atoms with Gasteiger partial charge in [-0.25, -0.2) is 0 Å². The minimum atomic E-state index is -4.72. The molecule has 0 aliphatic carbocycles. The van der Waals surface area contributed by atoms with Gasteiger partial charge < -0.3 is 20.1 Å². The predicted molar refractivity (Wildman–Crippen MR) is 111 cm³/mol. The zero-order chi connectivity index (χ0) is 19.3. The summed E-state index contributed by atoms with van der Waals surface area (Å²) in [6, 6.07) is 14.6. The van der Waals surface area contributed by atoms with E-state index in [0.717, 1.165) is 19.4 Å². The number of hydrogen-bond acceptors (Lipinski definition) is 4. The van der Waals surface area contributed by atoms with E-state index in [1.165, 1.54) is 30.9 Å². The molecule has 1 saturated heterocycles. The normalized spacial score (nSPS) is 18.9.